The Bertz CT molecular complexity index is 1300. The molecule has 0 bridgehead atoms. The maximum absolute atomic E-state index is 13.3. The van der Waals surface area contributed by atoms with Crippen molar-refractivity contribution in [1.29, 1.82) is 0 Å². The number of nitrogens with one attached hydrogen (secondary N) is 1. The number of thiophene rings is 1. The van der Waals surface area contributed by atoms with E-state index >= 15 is 0 Å². The van der Waals surface area contributed by atoms with Crippen molar-refractivity contribution in [2.24, 2.45) is 0 Å². The number of aromatic nitrogens is 2. The highest BCUT2D eigenvalue weighted by molar-refractivity contribution is 9.10. The first-order valence-corrected chi connectivity index (χ1v) is 10.8. The Labute approximate surface area is 184 Å². The summed E-state index contributed by atoms with van der Waals surface area (Å²) >= 11 is 5.10. The summed E-state index contributed by atoms with van der Waals surface area (Å²) in [6.07, 6.45) is 0. The number of ether oxygens (including phenoxy) is 2. The Morgan fingerprint density at radius 2 is 1.90 bits per heavy atom. The van der Waals surface area contributed by atoms with E-state index in [-0.39, 0.29) is 5.91 Å². The predicted molar refractivity (Wildman–Crippen MR) is 118 cm³/mol. The predicted octanol–water partition coefficient (Wildman–Crippen LogP) is 5.35. The van der Waals surface area contributed by atoms with Gasteiger partial charge >= 0.3 is 0 Å². The minimum atomic E-state index is -0.291. The van der Waals surface area contributed by atoms with Crippen LogP contribution >= 0.6 is 27.3 Å². The molecule has 7 nitrogen and oxygen atoms in total. The van der Waals surface area contributed by atoms with Gasteiger partial charge in [-0.1, -0.05) is 5.16 Å². The molecule has 4 heterocycles. The normalized spacial score (nSPS) is 12.9. The number of hydrogen-bond acceptors (Lipinski definition) is 7. The van der Waals surface area contributed by atoms with E-state index in [1.807, 2.05) is 19.1 Å². The first-order chi connectivity index (χ1) is 14.5. The fourth-order valence-electron chi connectivity index (χ4n) is 3.32. The molecule has 0 radical (unpaired) electrons. The van der Waals surface area contributed by atoms with Crippen molar-refractivity contribution in [2.75, 3.05) is 18.5 Å². The van der Waals surface area contributed by atoms with Crippen LogP contribution in [0.25, 0.3) is 21.7 Å². The molecule has 4 aromatic rings. The molecule has 1 aliphatic heterocycles. The van der Waals surface area contributed by atoms with E-state index in [0.717, 1.165) is 9.75 Å². The topological polar surface area (TPSA) is 86.5 Å². The number of aryl methyl sites for hydroxylation is 2. The molecule has 1 N–H and O–H groups in total. The molecule has 1 aromatic carbocycles. The van der Waals surface area contributed by atoms with E-state index in [9.17, 15) is 4.79 Å². The summed E-state index contributed by atoms with van der Waals surface area (Å²) < 4.78 is 17.3. The van der Waals surface area contributed by atoms with E-state index in [1.165, 1.54) is 0 Å². The molecular weight excluding hydrogens is 470 g/mol. The van der Waals surface area contributed by atoms with Gasteiger partial charge in [-0.05, 0) is 48.0 Å². The molecule has 0 saturated carbocycles. The van der Waals surface area contributed by atoms with Crippen LogP contribution in [0.1, 0.15) is 20.9 Å². The lowest BCUT2D eigenvalue weighted by atomic mass is 10.1. The maximum atomic E-state index is 13.3. The second-order valence-corrected chi connectivity index (χ2v) is 8.99. The lowest BCUT2D eigenvalue weighted by Crippen LogP contribution is -2.17. The number of anilines is 1. The van der Waals surface area contributed by atoms with Crippen molar-refractivity contribution in [3.63, 3.8) is 0 Å². The molecule has 5 rings (SSSR count). The summed E-state index contributed by atoms with van der Waals surface area (Å²) in [5.41, 5.74) is 2.64. The minimum Gasteiger partial charge on any atom is -0.486 e. The van der Waals surface area contributed by atoms with Crippen LogP contribution in [0.2, 0.25) is 0 Å². The van der Waals surface area contributed by atoms with Gasteiger partial charge in [0.1, 0.15) is 13.2 Å². The van der Waals surface area contributed by atoms with Crippen molar-refractivity contribution < 1.29 is 18.8 Å². The van der Waals surface area contributed by atoms with Crippen LogP contribution in [0.5, 0.6) is 11.5 Å². The van der Waals surface area contributed by atoms with Crippen LogP contribution < -0.4 is 14.8 Å². The quantitative estimate of drug-likeness (QED) is 0.420. The molecule has 0 aliphatic carbocycles. The fraction of sp³-hybridized carbons (Fsp3) is 0.190. The summed E-state index contributed by atoms with van der Waals surface area (Å²) in [5, 5.41) is 7.55. The Kier molecular flexibility index (Phi) is 4.71. The van der Waals surface area contributed by atoms with Crippen LogP contribution in [0, 0.1) is 13.8 Å². The zero-order valence-corrected chi connectivity index (χ0v) is 18.5. The van der Waals surface area contributed by atoms with Gasteiger partial charge < -0.3 is 19.3 Å². The smallest absolute Gasteiger partial charge is 0.259 e. The van der Waals surface area contributed by atoms with E-state index in [4.69, 9.17) is 14.0 Å². The van der Waals surface area contributed by atoms with Gasteiger partial charge in [0.2, 0.25) is 0 Å². The third kappa shape index (κ3) is 3.33. The molecule has 0 atom stereocenters. The summed E-state index contributed by atoms with van der Waals surface area (Å²) in [7, 11) is 0. The van der Waals surface area contributed by atoms with Gasteiger partial charge in [-0.2, -0.15) is 0 Å². The van der Waals surface area contributed by atoms with Gasteiger partial charge in [0, 0.05) is 21.5 Å². The van der Waals surface area contributed by atoms with Crippen molar-refractivity contribution in [3.8, 4) is 22.1 Å². The number of nitrogens with zero attached hydrogens (tertiary/aromatic N) is 2. The standard InChI is InChI=1S/C21H16BrN3O4S/c1-10-3-4-18(30-10)15-7-12(19-11(2)25-29-21(19)24-15)20(26)23-14-9-17-16(8-13(14)22)27-5-6-28-17/h3-4,7-9H,5-6H2,1-2H3,(H,23,26). The Balaban J connectivity index is 1.57. The van der Waals surface area contributed by atoms with Crippen LogP contribution in [0.4, 0.5) is 5.69 Å². The number of halogens is 1. The van der Waals surface area contributed by atoms with E-state index in [2.05, 4.69) is 31.4 Å². The summed E-state index contributed by atoms with van der Waals surface area (Å²) in [6, 6.07) is 9.31. The van der Waals surface area contributed by atoms with Gasteiger partial charge in [-0.25, -0.2) is 4.98 Å². The third-order valence-electron chi connectivity index (χ3n) is 4.73. The largest absolute Gasteiger partial charge is 0.486 e. The number of carbonyl (C=O) groups excluding carboxylic acids is 1. The molecule has 0 unspecified atom stereocenters. The van der Waals surface area contributed by atoms with Gasteiger partial charge in [-0.15, -0.1) is 11.3 Å². The molecule has 3 aromatic heterocycles. The lowest BCUT2D eigenvalue weighted by molar-refractivity contribution is 0.102. The molecule has 152 valence electrons. The van der Waals surface area contributed by atoms with E-state index in [0.29, 0.717) is 62.9 Å². The van der Waals surface area contributed by atoms with Crippen molar-refractivity contribution in [2.45, 2.75) is 13.8 Å². The lowest BCUT2D eigenvalue weighted by Gasteiger charge is -2.20. The van der Waals surface area contributed by atoms with E-state index in [1.54, 1.807) is 36.5 Å². The van der Waals surface area contributed by atoms with Crippen molar-refractivity contribution in [1.82, 2.24) is 10.1 Å². The number of amides is 1. The highest BCUT2D eigenvalue weighted by Crippen LogP contribution is 2.39. The maximum Gasteiger partial charge on any atom is 0.259 e. The monoisotopic (exact) mass is 485 g/mol. The molecule has 1 amide bonds. The Hall–Kier alpha value is -2.91. The van der Waals surface area contributed by atoms with Crippen LogP contribution in [0.15, 0.2) is 39.3 Å². The number of rotatable bonds is 3. The average molecular weight is 486 g/mol. The number of pyridine rings is 1. The van der Waals surface area contributed by atoms with Crippen LogP contribution in [-0.4, -0.2) is 29.3 Å². The highest BCUT2D eigenvalue weighted by Gasteiger charge is 2.22. The summed E-state index contributed by atoms with van der Waals surface area (Å²) in [4.78, 5) is 20.0. The number of carbonyl (C=O) groups is 1. The fourth-order valence-corrected chi connectivity index (χ4v) is 4.57. The molecule has 30 heavy (non-hydrogen) atoms. The first-order valence-electron chi connectivity index (χ1n) is 9.24. The number of hydrogen-bond donors (Lipinski definition) is 1. The molecule has 0 spiro atoms. The molecule has 0 saturated heterocycles. The molecule has 1 aliphatic rings. The van der Waals surface area contributed by atoms with Gasteiger partial charge in [0.25, 0.3) is 11.6 Å². The molecule has 9 heteroatoms. The minimum absolute atomic E-state index is 0.291. The van der Waals surface area contributed by atoms with Gasteiger partial charge in [-0.3, -0.25) is 4.79 Å². The molecule has 0 fully saturated rings. The zero-order chi connectivity index (χ0) is 20.8. The average Bonchev–Trinajstić information content (AvgIpc) is 3.33. The van der Waals surface area contributed by atoms with Gasteiger partial charge in [0.05, 0.1) is 32.9 Å². The summed E-state index contributed by atoms with van der Waals surface area (Å²) in [6.45, 7) is 4.78. The summed E-state index contributed by atoms with van der Waals surface area (Å²) in [5.74, 6) is 0.943. The second-order valence-electron chi connectivity index (χ2n) is 6.84. The van der Waals surface area contributed by atoms with Crippen LogP contribution in [-0.2, 0) is 0 Å². The van der Waals surface area contributed by atoms with Crippen LogP contribution in [0.3, 0.4) is 0 Å². The van der Waals surface area contributed by atoms with Crippen molar-refractivity contribution >= 4 is 50.0 Å². The molecular formula is C21H16BrN3O4S. The SMILES string of the molecule is Cc1ccc(-c2cc(C(=O)Nc3cc4c(cc3Br)OCCO4)c3c(C)noc3n2)s1. The van der Waals surface area contributed by atoms with Gasteiger partial charge in [0.15, 0.2) is 11.5 Å². The first kappa shape index (κ1) is 19.1. The van der Waals surface area contributed by atoms with E-state index < -0.39 is 0 Å². The number of benzene rings is 1. The van der Waals surface area contributed by atoms with Crippen molar-refractivity contribution in [3.05, 3.63) is 50.9 Å². The zero-order valence-electron chi connectivity index (χ0n) is 16.1. The number of fused-ring (bicyclic) bond motifs is 2. The Morgan fingerprint density at radius 3 is 2.63 bits per heavy atom. The third-order valence-corrected chi connectivity index (χ3v) is 6.41. The Morgan fingerprint density at radius 1 is 1.13 bits per heavy atom. The highest BCUT2D eigenvalue weighted by atomic mass is 79.9. The second kappa shape index (κ2) is 7.41.